The maximum absolute atomic E-state index is 12.5. The summed E-state index contributed by atoms with van der Waals surface area (Å²) in [6, 6.07) is 10.1. The van der Waals surface area contributed by atoms with E-state index in [1.165, 1.54) is 6.42 Å². The molecule has 3 heteroatoms. The largest absolute Gasteiger partial charge is 0.351 e. The molecular weight excluding hydrogens is 226 g/mol. The third-order valence-electron chi connectivity index (χ3n) is 5.03. The summed E-state index contributed by atoms with van der Waals surface area (Å²) in [6.07, 6.45) is 2.07. The third kappa shape index (κ3) is 1.11. The average Bonchev–Trinajstić information content (AvgIpc) is 2.72. The first-order chi connectivity index (χ1) is 8.72. The maximum Gasteiger partial charge on any atom is 0.228 e. The lowest BCUT2D eigenvalue weighted by atomic mass is 9.68. The summed E-state index contributed by atoms with van der Waals surface area (Å²) in [5.41, 5.74) is 1.02. The maximum atomic E-state index is 12.5. The van der Waals surface area contributed by atoms with E-state index in [1.54, 1.807) is 0 Å². The molecule has 4 rings (SSSR count). The second-order valence-electron chi connectivity index (χ2n) is 5.93. The van der Waals surface area contributed by atoms with E-state index in [9.17, 15) is 4.79 Å². The van der Waals surface area contributed by atoms with E-state index in [2.05, 4.69) is 6.92 Å². The second-order valence-corrected chi connectivity index (χ2v) is 5.93. The van der Waals surface area contributed by atoms with Crippen molar-refractivity contribution in [1.29, 1.82) is 0 Å². The topological polar surface area (TPSA) is 29.5 Å². The predicted molar refractivity (Wildman–Crippen MR) is 66.6 cm³/mol. The van der Waals surface area contributed by atoms with Gasteiger partial charge in [-0.15, -0.1) is 0 Å². The van der Waals surface area contributed by atoms with Crippen LogP contribution < -0.4 is 0 Å². The van der Waals surface area contributed by atoms with Crippen molar-refractivity contribution in [3.63, 3.8) is 0 Å². The van der Waals surface area contributed by atoms with Gasteiger partial charge < -0.3 is 9.64 Å². The lowest BCUT2D eigenvalue weighted by Crippen LogP contribution is -2.45. The molecule has 3 aliphatic rings. The van der Waals surface area contributed by atoms with E-state index < -0.39 is 0 Å². The Labute approximate surface area is 107 Å². The molecule has 0 bridgehead atoms. The fourth-order valence-corrected chi connectivity index (χ4v) is 3.89. The van der Waals surface area contributed by atoms with E-state index in [0.717, 1.165) is 12.0 Å². The number of carbonyl (C=O) groups is 1. The number of hydrogen-bond acceptors (Lipinski definition) is 2. The normalized spacial score (nSPS) is 41.5. The van der Waals surface area contributed by atoms with Crippen LogP contribution in [0.15, 0.2) is 30.3 Å². The predicted octanol–water partition coefficient (Wildman–Crippen LogP) is 2.34. The monoisotopic (exact) mass is 243 g/mol. The third-order valence-corrected chi connectivity index (χ3v) is 5.03. The van der Waals surface area contributed by atoms with Crippen molar-refractivity contribution in [1.82, 2.24) is 4.90 Å². The highest BCUT2D eigenvalue weighted by Crippen LogP contribution is 2.57. The molecule has 2 heterocycles. The van der Waals surface area contributed by atoms with Crippen LogP contribution in [0.25, 0.3) is 0 Å². The van der Waals surface area contributed by atoms with Crippen molar-refractivity contribution in [2.75, 3.05) is 6.61 Å². The first kappa shape index (κ1) is 10.6. The van der Waals surface area contributed by atoms with Crippen LogP contribution in [-0.4, -0.2) is 23.0 Å². The number of benzene rings is 1. The molecule has 1 saturated carbocycles. The average molecular weight is 243 g/mol. The zero-order valence-electron chi connectivity index (χ0n) is 10.5. The highest BCUT2D eigenvalue weighted by Gasteiger charge is 2.64. The number of rotatable bonds is 1. The highest BCUT2D eigenvalue weighted by atomic mass is 16.5. The fourth-order valence-electron chi connectivity index (χ4n) is 3.89. The summed E-state index contributed by atoms with van der Waals surface area (Å²) in [4.78, 5) is 14.5. The standard InChI is InChI=1S/C15H17NO2/c1-15-9-18-14(10-5-3-2-4-6-10)16(15)13(17)11-7-8-12(11)15/h2-6,11-12,14H,7-9H2,1H3/t11?,12?,14?,15-/m0/s1. The van der Waals surface area contributed by atoms with Gasteiger partial charge in [0.15, 0.2) is 6.23 Å². The van der Waals surface area contributed by atoms with Crippen LogP contribution in [0.1, 0.15) is 31.6 Å². The first-order valence-electron chi connectivity index (χ1n) is 6.71. The molecule has 18 heavy (non-hydrogen) atoms. The molecule has 1 aromatic rings. The molecule has 1 amide bonds. The lowest BCUT2D eigenvalue weighted by molar-refractivity contribution is -0.139. The summed E-state index contributed by atoms with van der Waals surface area (Å²) in [6.45, 7) is 2.87. The molecule has 3 unspecified atom stereocenters. The zero-order chi connectivity index (χ0) is 12.3. The Hall–Kier alpha value is -1.35. The molecule has 3 nitrogen and oxygen atoms in total. The highest BCUT2D eigenvalue weighted by molar-refractivity contribution is 5.85. The van der Waals surface area contributed by atoms with E-state index in [4.69, 9.17) is 4.74 Å². The van der Waals surface area contributed by atoms with Gasteiger partial charge in [-0.1, -0.05) is 30.3 Å². The number of nitrogens with zero attached hydrogens (tertiary/aromatic N) is 1. The number of fused-ring (bicyclic) bond motifs is 3. The van der Waals surface area contributed by atoms with Crippen molar-refractivity contribution in [2.45, 2.75) is 31.5 Å². The molecule has 4 atom stereocenters. The zero-order valence-corrected chi connectivity index (χ0v) is 10.5. The van der Waals surface area contributed by atoms with Gasteiger partial charge in [-0.05, 0) is 25.7 Å². The van der Waals surface area contributed by atoms with Gasteiger partial charge in [-0.3, -0.25) is 4.79 Å². The van der Waals surface area contributed by atoms with Crippen LogP contribution in [0.3, 0.4) is 0 Å². The molecule has 94 valence electrons. The number of ether oxygens (including phenoxy) is 1. The molecule has 0 radical (unpaired) electrons. The lowest BCUT2D eigenvalue weighted by Gasteiger charge is -2.37. The molecule has 3 fully saturated rings. The van der Waals surface area contributed by atoms with Gasteiger partial charge in [-0.2, -0.15) is 0 Å². The Morgan fingerprint density at radius 2 is 2.06 bits per heavy atom. The summed E-state index contributed by atoms with van der Waals surface area (Å²) in [5.74, 6) is 1.09. The van der Waals surface area contributed by atoms with Crippen LogP contribution in [0, 0.1) is 11.8 Å². The Morgan fingerprint density at radius 1 is 1.28 bits per heavy atom. The number of hydrogen-bond donors (Lipinski definition) is 0. The minimum absolute atomic E-state index is 0.0689. The quantitative estimate of drug-likeness (QED) is 0.757. The van der Waals surface area contributed by atoms with Crippen LogP contribution >= 0.6 is 0 Å². The van der Waals surface area contributed by atoms with Gasteiger partial charge in [0, 0.05) is 11.5 Å². The number of amides is 1. The molecule has 2 saturated heterocycles. The van der Waals surface area contributed by atoms with E-state index >= 15 is 0 Å². The van der Waals surface area contributed by atoms with Crippen molar-refractivity contribution in [3.05, 3.63) is 35.9 Å². The van der Waals surface area contributed by atoms with Gasteiger partial charge in [0.2, 0.25) is 5.91 Å². The molecule has 1 aliphatic carbocycles. The van der Waals surface area contributed by atoms with Crippen LogP contribution in [0.2, 0.25) is 0 Å². The summed E-state index contributed by atoms with van der Waals surface area (Å²) < 4.78 is 5.94. The van der Waals surface area contributed by atoms with Gasteiger partial charge >= 0.3 is 0 Å². The van der Waals surface area contributed by atoms with Crippen LogP contribution in [0.4, 0.5) is 0 Å². The van der Waals surface area contributed by atoms with Gasteiger partial charge in [0.05, 0.1) is 12.1 Å². The van der Waals surface area contributed by atoms with E-state index in [-0.39, 0.29) is 17.7 Å². The summed E-state index contributed by atoms with van der Waals surface area (Å²) in [5, 5.41) is 0. The van der Waals surface area contributed by atoms with Gasteiger partial charge in [-0.25, -0.2) is 0 Å². The molecule has 0 N–H and O–H groups in total. The Morgan fingerprint density at radius 3 is 2.72 bits per heavy atom. The van der Waals surface area contributed by atoms with Crippen molar-refractivity contribution in [2.24, 2.45) is 11.8 Å². The van der Waals surface area contributed by atoms with Crippen molar-refractivity contribution < 1.29 is 9.53 Å². The smallest absolute Gasteiger partial charge is 0.228 e. The minimum atomic E-state index is -0.172. The molecule has 2 aliphatic heterocycles. The Bertz CT molecular complexity index is 500. The van der Waals surface area contributed by atoms with Crippen molar-refractivity contribution in [3.8, 4) is 0 Å². The van der Waals surface area contributed by atoms with Crippen LogP contribution in [0.5, 0.6) is 0 Å². The summed E-state index contributed by atoms with van der Waals surface area (Å²) in [7, 11) is 0. The van der Waals surface area contributed by atoms with E-state index in [1.807, 2.05) is 35.2 Å². The summed E-state index contributed by atoms with van der Waals surface area (Å²) >= 11 is 0. The minimum Gasteiger partial charge on any atom is -0.351 e. The Balaban J connectivity index is 1.75. The second kappa shape index (κ2) is 3.35. The van der Waals surface area contributed by atoms with Gasteiger partial charge in [0.25, 0.3) is 0 Å². The number of carbonyl (C=O) groups excluding carboxylic acids is 1. The van der Waals surface area contributed by atoms with Crippen molar-refractivity contribution >= 4 is 5.91 Å². The molecular formula is C15H17NO2. The molecule has 0 aromatic heterocycles. The Kier molecular flexibility index (Phi) is 1.97. The van der Waals surface area contributed by atoms with Crippen LogP contribution in [-0.2, 0) is 9.53 Å². The van der Waals surface area contributed by atoms with E-state index in [0.29, 0.717) is 18.4 Å². The van der Waals surface area contributed by atoms with Gasteiger partial charge in [0.1, 0.15) is 0 Å². The molecule has 0 spiro atoms. The first-order valence-corrected chi connectivity index (χ1v) is 6.71. The molecule has 1 aromatic carbocycles. The fraction of sp³-hybridized carbons (Fsp3) is 0.533. The SMILES string of the molecule is C[C@@]12COC(c3ccccc3)N1C(=O)C1CCC12.